The summed E-state index contributed by atoms with van der Waals surface area (Å²) in [5.41, 5.74) is 3.02. The van der Waals surface area contributed by atoms with Crippen molar-refractivity contribution in [1.29, 1.82) is 0 Å². The fourth-order valence-corrected chi connectivity index (χ4v) is 4.60. The van der Waals surface area contributed by atoms with Gasteiger partial charge < -0.3 is 9.47 Å². The number of halogens is 1. The number of carbonyl (C=O) groups is 1. The molecule has 3 rings (SSSR count). The van der Waals surface area contributed by atoms with Gasteiger partial charge in [0, 0.05) is 6.42 Å². The molecular weight excluding hydrogens is 356 g/mol. The molecule has 2 heterocycles. The third-order valence-electron chi connectivity index (χ3n) is 3.82. The maximum Gasteiger partial charge on any atom is 0.244 e. The van der Waals surface area contributed by atoms with Crippen molar-refractivity contribution in [3.63, 3.8) is 0 Å². The van der Waals surface area contributed by atoms with Crippen LogP contribution in [0, 0.1) is 5.92 Å². The van der Waals surface area contributed by atoms with E-state index in [-0.39, 0.29) is 11.5 Å². The minimum absolute atomic E-state index is 0.0482. The number of amides is 1. The molecule has 0 aromatic heterocycles. The minimum Gasteiger partial charge on any atom is -0.489 e. The van der Waals surface area contributed by atoms with Crippen LogP contribution in [0.4, 0.5) is 0 Å². The van der Waals surface area contributed by atoms with Gasteiger partial charge in [-0.15, -0.1) is 0 Å². The molecule has 1 aromatic carbocycles. The van der Waals surface area contributed by atoms with Gasteiger partial charge >= 0.3 is 0 Å². The van der Waals surface area contributed by atoms with Gasteiger partial charge in [-0.2, -0.15) is 5.10 Å². The van der Waals surface area contributed by atoms with Crippen LogP contribution >= 0.6 is 11.6 Å². The number of rotatable bonds is 3. The lowest BCUT2D eigenvalue weighted by atomic mass is 10.1. The highest BCUT2D eigenvalue weighted by Gasteiger charge is 2.32. The first-order chi connectivity index (χ1) is 11.4. The molecule has 24 heavy (non-hydrogen) atoms. The summed E-state index contributed by atoms with van der Waals surface area (Å²) in [6.07, 6.45) is 2.54. The zero-order valence-electron chi connectivity index (χ0n) is 12.8. The number of nitrogens with one attached hydrogen (secondary N) is 1. The average Bonchev–Trinajstić information content (AvgIpc) is 2.74. The molecule has 9 heteroatoms. The van der Waals surface area contributed by atoms with Gasteiger partial charge in [0.1, 0.15) is 0 Å². The fraction of sp³-hybridized carbons (Fsp3) is 0.467. The summed E-state index contributed by atoms with van der Waals surface area (Å²) in [6.45, 7) is 1.08. The molecule has 0 radical (unpaired) electrons. The molecule has 2 aliphatic rings. The Morgan fingerprint density at radius 1 is 1.33 bits per heavy atom. The quantitative estimate of drug-likeness (QED) is 0.639. The maximum atomic E-state index is 11.9. The molecule has 130 valence electrons. The van der Waals surface area contributed by atoms with Crippen LogP contribution in [0.3, 0.4) is 0 Å². The average molecular weight is 373 g/mol. The monoisotopic (exact) mass is 372 g/mol. The van der Waals surface area contributed by atoms with Gasteiger partial charge in [-0.1, -0.05) is 11.6 Å². The van der Waals surface area contributed by atoms with Crippen molar-refractivity contribution in [3.8, 4) is 11.5 Å². The summed E-state index contributed by atoms with van der Waals surface area (Å²) < 4.78 is 33.9. The van der Waals surface area contributed by atoms with Crippen LogP contribution in [-0.2, 0) is 14.6 Å². The van der Waals surface area contributed by atoms with E-state index in [2.05, 4.69) is 10.5 Å². The molecule has 2 aliphatic heterocycles. The largest absolute Gasteiger partial charge is 0.489 e. The minimum atomic E-state index is -3.10. The fourth-order valence-electron chi connectivity index (χ4n) is 2.59. The molecule has 0 bridgehead atoms. The molecule has 0 spiro atoms. The first-order valence-electron chi connectivity index (χ1n) is 7.57. The number of hydrogen-bond donors (Lipinski definition) is 1. The number of fused-ring (bicyclic) bond motifs is 1. The molecule has 1 aromatic rings. The lowest BCUT2D eigenvalue weighted by molar-refractivity contribution is -0.124. The summed E-state index contributed by atoms with van der Waals surface area (Å²) >= 11 is 6.18. The summed E-state index contributed by atoms with van der Waals surface area (Å²) in [5.74, 6) is 0.0324. The molecule has 1 N–H and O–H groups in total. The van der Waals surface area contributed by atoms with Crippen LogP contribution < -0.4 is 14.9 Å². The third kappa shape index (κ3) is 3.99. The van der Waals surface area contributed by atoms with Crippen LogP contribution in [0.15, 0.2) is 17.2 Å². The van der Waals surface area contributed by atoms with E-state index >= 15 is 0 Å². The number of nitrogens with zero attached hydrogens (tertiary/aromatic N) is 1. The Hall–Kier alpha value is -1.80. The number of carbonyl (C=O) groups excluding carboxylic acids is 1. The van der Waals surface area contributed by atoms with E-state index in [4.69, 9.17) is 21.1 Å². The van der Waals surface area contributed by atoms with Gasteiger partial charge in [-0.25, -0.2) is 13.8 Å². The normalized spacial score (nSPS) is 22.3. The van der Waals surface area contributed by atoms with Gasteiger partial charge in [-0.3, -0.25) is 4.79 Å². The lowest BCUT2D eigenvalue weighted by Crippen LogP contribution is -2.27. The second kappa shape index (κ2) is 6.98. The summed E-state index contributed by atoms with van der Waals surface area (Å²) in [7, 11) is -3.10. The molecule has 1 fully saturated rings. The predicted octanol–water partition coefficient (Wildman–Crippen LogP) is 1.39. The topological polar surface area (TPSA) is 94.1 Å². The molecule has 1 amide bonds. The smallest absolute Gasteiger partial charge is 0.244 e. The molecule has 1 saturated heterocycles. The van der Waals surface area contributed by atoms with Crippen LogP contribution in [0.25, 0.3) is 0 Å². The number of sulfone groups is 1. The van der Waals surface area contributed by atoms with Crippen LogP contribution in [0.1, 0.15) is 18.4 Å². The highest BCUT2D eigenvalue weighted by atomic mass is 35.5. The van der Waals surface area contributed by atoms with Gasteiger partial charge in [-0.05, 0) is 24.1 Å². The van der Waals surface area contributed by atoms with Crippen molar-refractivity contribution in [2.75, 3.05) is 24.7 Å². The van der Waals surface area contributed by atoms with Crippen LogP contribution in [-0.4, -0.2) is 45.3 Å². The van der Waals surface area contributed by atoms with Crippen molar-refractivity contribution < 1.29 is 22.7 Å². The molecular formula is C15H17ClN2O5S. The van der Waals surface area contributed by atoms with E-state index in [1.165, 1.54) is 6.21 Å². The number of benzene rings is 1. The van der Waals surface area contributed by atoms with Crippen molar-refractivity contribution in [3.05, 3.63) is 22.7 Å². The highest BCUT2D eigenvalue weighted by Crippen LogP contribution is 2.37. The molecule has 1 atom stereocenters. The Balaban J connectivity index is 1.65. The van der Waals surface area contributed by atoms with Crippen molar-refractivity contribution in [2.45, 2.75) is 12.8 Å². The first-order valence-corrected chi connectivity index (χ1v) is 9.77. The molecule has 0 saturated carbocycles. The van der Waals surface area contributed by atoms with E-state index < -0.39 is 21.7 Å². The molecule has 7 nitrogen and oxygen atoms in total. The number of hydrogen-bond acceptors (Lipinski definition) is 6. The van der Waals surface area contributed by atoms with E-state index in [0.717, 1.165) is 6.42 Å². The van der Waals surface area contributed by atoms with E-state index in [9.17, 15) is 13.2 Å². The van der Waals surface area contributed by atoms with Crippen LogP contribution in [0.2, 0.25) is 5.02 Å². The standard InChI is InChI=1S/C15H17ClN2O5S/c16-12-6-10(7-13-14(12)23-4-1-3-22-13)8-17-18-15(19)11-2-5-24(20,21)9-11/h6-8,11H,1-5,9H2,(H,18,19)/b17-8-/t11-/m0/s1. The number of ether oxygens (including phenoxy) is 2. The lowest BCUT2D eigenvalue weighted by Gasteiger charge is -2.10. The zero-order chi connectivity index (χ0) is 17.2. The third-order valence-corrected chi connectivity index (χ3v) is 5.86. The zero-order valence-corrected chi connectivity index (χ0v) is 14.4. The van der Waals surface area contributed by atoms with Crippen molar-refractivity contribution in [1.82, 2.24) is 5.43 Å². The number of hydrazone groups is 1. The van der Waals surface area contributed by atoms with Crippen molar-refractivity contribution in [2.24, 2.45) is 11.0 Å². The Labute approximate surface area is 144 Å². The van der Waals surface area contributed by atoms with E-state index in [1.54, 1.807) is 12.1 Å². The molecule has 0 unspecified atom stereocenters. The summed E-state index contributed by atoms with van der Waals surface area (Å²) in [4.78, 5) is 11.9. The predicted molar refractivity (Wildman–Crippen MR) is 89.6 cm³/mol. The Bertz CT molecular complexity index is 778. The maximum absolute atomic E-state index is 11.9. The molecule has 0 aliphatic carbocycles. The Kier molecular flexibility index (Phi) is 4.96. The first kappa shape index (κ1) is 17.0. The van der Waals surface area contributed by atoms with Gasteiger partial charge in [0.05, 0.1) is 41.9 Å². The highest BCUT2D eigenvalue weighted by molar-refractivity contribution is 7.91. The van der Waals surface area contributed by atoms with Crippen LogP contribution in [0.5, 0.6) is 11.5 Å². The Morgan fingerprint density at radius 3 is 2.88 bits per heavy atom. The summed E-state index contributed by atoms with van der Waals surface area (Å²) in [5, 5.41) is 4.28. The van der Waals surface area contributed by atoms with E-state index in [0.29, 0.717) is 41.7 Å². The second-order valence-electron chi connectivity index (χ2n) is 5.71. The van der Waals surface area contributed by atoms with Gasteiger partial charge in [0.15, 0.2) is 21.3 Å². The Morgan fingerprint density at radius 2 is 2.12 bits per heavy atom. The van der Waals surface area contributed by atoms with Gasteiger partial charge in [0.2, 0.25) is 5.91 Å². The second-order valence-corrected chi connectivity index (χ2v) is 8.35. The van der Waals surface area contributed by atoms with Crippen molar-refractivity contribution >= 4 is 33.6 Å². The van der Waals surface area contributed by atoms with Gasteiger partial charge in [0.25, 0.3) is 0 Å². The SMILES string of the molecule is O=C(N/N=C\c1cc(Cl)c2c(c1)OCCCO2)[C@H]1CCS(=O)(=O)C1. The van der Waals surface area contributed by atoms with E-state index in [1.807, 2.05) is 0 Å². The summed E-state index contributed by atoms with van der Waals surface area (Å²) in [6, 6.07) is 3.38.